The fourth-order valence-electron chi connectivity index (χ4n) is 3.32. The molecule has 0 unspecified atom stereocenters. The second-order valence-electron chi connectivity index (χ2n) is 5.78. The van der Waals surface area contributed by atoms with E-state index in [1.165, 1.54) is 18.2 Å². The van der Waals surface area contributed by atoms with Crippen LogP contribution in [0.1, 0.15) is 24.8 Å². The quantitative estimate of drug-likeness (QED) is 0.903. The number of hydrogen-bond donors (Lipinski definition) is 1. The van der Waals surface area contributed by atoms with Gasteiger partial charge in [0.05, 0.1) is 0 Å². The zero-order valence-corrected chi connectivity index (χ0v) is 11.1. The SMILES string of the molecule is Fc1ccc(F)c(C2(CN3CCNCC3)CCC2)c1. The summed E-state index contributed by atoms with van der Waals surface area (Å²) in [6, 6.07) is 3.87. The van der Waals surface area contributed by atoms with E-state index in [1.54, 1.807) is 0 Å². The first-order chi connectivity index (χ1) is 9.20. The van der Waals surface area contributed by atoms with Crippen LogP contribution in [0.2, 0.25) is 0 Å². The molecule has 4 heteroatoms. The van der Waals surface area contributed by atoms with Crippen LogP contribution >= 0.6 is 0 Å². The molecule has 1 N–H and O–H groups in total. The molecule has 1 saturated carbocycles. The molecule has 3 rings (SSSR count). The molecular formula is C15H20F2N2. The third-order valence-electron chi connectivity index (χ3n) is 4.55. The van der Waals surface area contributed by atoms with Gasteiger partial charge in [0, 0.05) is 38.1 Å². The van der Waals surface area contributed by atoms with Crippen molar-refractivity contribution in [2.24, 2.45) is 0 Å². The van der Waals surface area contributed by atoms with Crippen LogP contribution in [0, 0.1) is 11.6 Å². The average molecular weight is 266 g/mol. The zero-order valence-electron chi connectivity index (χ0n) is 11.1. The van der Waals surface area contributed by atoms with Crippen LogP contribution in [-0.2, 0) is 5.41 Å². The van der Waals surface area contributed by atoms with Gasteiger partial charge in [-0.2, -0.15) is 0 Å². The molecule has 1 aromatic rings. The summed E-state index contributed by atoms with van der Waals surface area (Å²) in [4.78, 5) is 2.38. The van der Waals surface area contributed by atoms with E-state index in [4.69, 9.17) is 0 Å². The van der Waals surface area contributed by atoms with Crippen molar-refractivity contribution < 1.29 is 8.78 Å². The standard InChI is InChI=1S/C15H20F2N2/c16-12-2-3-14(17)13(10-12)15(4-1-5-15)11-19-8-6-18-7-9-19/h2-3,10,18H,1,4-9,11H2. The van der Waals surface area contributed by atoms with Crippen molar-refractivity contribution in [3.05, 3.63) is 35.4 Å². The Kier molecular flexibility index (Phi) is 3.54. The van der Waals surface area contributed by atoms with E-state index in [0.29, 0.717) is 5.56 Å². The zero-order chi connectivity index (χ0) is 13.3. The first kappa shape index (κ1) is 13.0. The first-order valence-electron chi connectivity index (χ1n) is 7.08. The number of nitrogens with zero attached hydrogens (tertiary/aromatic N) is 1. The molecular weight excluding hydrogens is 246 g/mol. The van der Waals surface area contributed by atoms with Gasteiger partial charge in [-0.3, -0.25) is 4.90 Å². The number of piperazine rings is 1. The summed E-state index contributed by atoms with van der Waals surface area (Å²) in [5.41, 5.74) is 0.418. The van der Waals surface area contributed by atoms with Gasteiger partial charge in [0.2, 0.25) is 0 Å². The summed E-state index contributed by atoms with van der Waals surface area (Å²) >= 11 is 0. The number of hydrogen-bond acceptors (Lipinski definition) is 2. The lowest BCUT2D eigenvalue weighted by atomic mass is 9.64. The van der Waals surface area contributed by atoms with Gasteiger partial charge in [0.15, 0.2) is 0 Å². The molecule has 0 bridgehead atoms. The lowest BCUT2D eigenvalue weighted by Crippen LogP contribution is -2.52. The molecule has 1 aromatic carbocycles. The summed E-state index contributed by atoms with van der Waals surface area (Å²) in [6.45, 7) is 4.83. The van der Waals surface area contributed by atoms with Crippen molar-refractivity contribution in [1.29, 1.82) is 0 Å². The molecule has 1 aliphatic carbocycles. The van der Waals surface area contributed by atoms with Crippen LogP contribution < -0.4 is 5.32 Å². The number of nitrogens with one attached hydrogen (secondary N) is 1. The Labute approximate surface area is 112 Å². The fourth-order valence-corrected chi connectivity index (χ4v) is 3.32. The first-order valence-corrected chi connectivity index (χ1v) is 7.08. The Hall–Kier alpha value is -1.00. The van der Waals surface area contributed by atoms with Crippen LogP contribution in [0.5, 0.6) is 0 Å². The molecule has 0 atom stereocenters. The normalized spacial score (nSPS) is 23.1. The van der Waals surface area contributed by atoms with Gasteiger partial charge in [0.25, 0.3) is 0 Å². The van der Waals surface area contributed by atoms with Gasteiger partial charge in [-0.1, -0.05) is 6.42 Å². The van der Waals surface area contributed by atoms with Gasteiger partial charge in [-0.15, -0.1) is 0 Å². The minimum absolute atomic E-state index is 0.163. The van der Waals surface area contributed by atoms with Gasteiger partial charge >= 0.3 is 0 Å². The summed E-state index contributed by atoms with van der Waals surface area (Å²) in [7, 11) is 0. The second-order valence-corrected chi connectivity index (χ2v) is 5.78. The lowest BCUT2D eigenvalue weighted by Gasteiger charge is -2.46. The average Bonchev–Trinajstić information content (AvgIpc) is 2.38. The Bertz CT molecular complexity index is 451. The molecule has 1 heterocycles. The molecule has 1 aliphatic heterocycles. The Morgan fingerprint density at radius 1 is 1.16 bits per heavy atom. The maximum Gasteiger partial charge on any atom is 0.127 e. The predicted molar refractivity (Wildman–Crippen MR) is 71.2 cm³/mol. The van der Waals surface area contributed by atoms with Crippen molar-refractivity contribution >= 4 is 0 Å². The summed E-state index contributed by atoms with van der Waals surface area (Å²) in [6.07, 6.45) is 3.05. The minimum Gasteiger partial charge on any atom is -0.314 e. The van der Waals surface area contributed by atoms with Gasteiger partial charge < -0.3 is 5.32 Å². The van der Waals surface area contributed by atoms with E-state index >= 15 is 0 Å². The van der Waals surface area contributed by atoms with E-state index in [9.17, 15) is 8.78 Å². The van der Waals surface area contributed by atoms with Crippen molar-refractivity contribution in [2.45, 2.75) is 24.7 Å². The largest absolute Gasteiger partial charge is 0.314 e. The van der Waals surface area contributed by atoms with Gasteiger partial charge in [-0.25, -0.2) is 8.78 Å². The number of benzene rings is 1. The van der Waals surface area contributed by atoms with Crippen LogP contribution in [0.25, 0.3) is 0 Å². The van der Waals surface area contributed by atoms with Crippen molar-refractivity contribution in [1.82, 2.24) is 10.2 Å². The highest BCUT2D eigenvalue weighted by atomic mass is 19.1. The molecule has 19 heavy (non-hydrogen) atoms. The minimum atomic E-state index is -0.331. The predicted octanol–water partition coefficient (Wildman–Crippen LogP) is 2.29. The van der Waals surface area contributed by atoms with Crippen molar-refractivity contribution in [3.8, 4) is 0 Å². The molecule has 0 spiro atoms. The van der Waals surface area contributed by atoms with E-state index in [1.807, 2.05) is 0 Å². The topological polar surface area (TPSA) is 15.3 Å². The summed E-state index contributed by atoms with van der Waals surface area (Å²) in [5, 5.41) is 3.32. The summed E-state index contributed by atoms with van der Waals surface area (Å²) < 4.78 is 27.5. The van der Waals surface area contributed by atoms with Crippen LogP contribution in [0.4, 0.5) is 8.78 Å². The molecule has 1 saturated heterocycles. The highest BCUT2D eigenvalue weighted by molar-refractivity contribution is 5.31. The Morgan fingerprint density at radius 2 is 1.89 bits per heavy atom. The van der Waals surface area contributed by atoms with Crippen molar-refractivity contribution in [3.63, 3.8) is 0 Å². The molecule has 104 valence electrons. The van der Waals surface area contributed by atoms with Crippen molar-refractivity contribution in [2.75, 3.05) is 32.7 Å². The smallest absolute Gasteiger partial charge is 0.127 e. The van der Waals surface area contributed by atoms with Gasteiger partial charge in [0.1, 0.15) is 11.6 Å². The van der Waals surface area contributed by atoms with Crippen LogP contribution in [-0.4, -0.2) is 37.6 Å². The molecule has 0 radical (unpaired) electrons. The maximum atomic E-state index is 14.0. The maximum absolute atomic E-state index is 14.0. The molecule has 2 nitrogen and oxygen atoms in total. The highest BCUT2D eigenvalue weighted by Gasteiger charge is 2.42. The highest BCUT2D eigenvalue weighted by Crippen LogP contribution is 2.45. The summed E-state index contributed by atoms with van der Waals surface area (Å²) in [5.74, 6) is -0.584. The van der Waals surface area contributed by atoms with Crippen LogP contribution in [0.3, 0.4) is 0 Å². The Morgan fingerprint density at radius 3 is 2.53 bits per heavy atom. The van der Waals surface area contributed by atoms with Crippen LogP contribution in [0.15, 0.2) is 18.2 Å². The van der Waals surface area contributed by atoms with E-state index < -0.39 is 0 Å². The lowest BCUT2D eigenvalue weighted by molar-refractivity contribution is 0.125. The molecule has 2 aliphatic rings. The number of halogens is 2. The third kappa shape index (κ3) is 2.51. The van der Waals surface area contributed by atoms with Gasteiger partial charge in [-0.05, 0) is 36.6 Å². The molecule has 0 aromatic heterocycles. The fraction of sp³-hybridized carbons (Fsp3) is 0.600. The number of rotatable bonds is 3. The van der Waals surface area contributed by atoms with E-state index in [-0.39, 0.29) is 17.0 Å². The van der Waals surface area contributed by atoms with E-state index in [0.717, 1.165) is 52.0 Å². The van der Waals surface area contributed by atoms with E-state index in [2.05, 4.69) is 10.2 Å². The third-order valence-corrected chi connectivity index (χ3v) is 4.55. The monoisotopic (exact) mass is 266 g/mol. The molecule has 2 fully saturated rings. The Balaban J connectivity index is 1.83. The molecule has 0 amide bonds. The second kappa shape index (κ2) is 5.17.